The molecule has 1 saturated carbocycles. The van der Waals surface area contributed by atoms with Crippen molar-refractivity contribution in [2.24, 2.45) is 0 Å². The Labute approximate surface area is 223 Å². The summed E-state index contributed by atoms with van der Waals surface area (Å²) in [5.41, 5.74) is -3.65. The maximum atomic E-state index is 13.8. The molecule has 4 atom stereocenters. The quantitative estimate of drug-likeness (QED) is 0.304. The number of benzene rings is 2. The molecule has 13 heteroatoms. The van der Waals surface area contributed by atoms with Gasteiger partial charge in [-0.05, 0) is 57.4 Å². The lowest BCUT2D eigenvalue weighted by Gasteiger charge is -2.29. The molecule has 0 N–H and O–H groups in total. The molecule has 210 valence electrons. The molecule has 2 aliphatic carbocycles. The summed E-state index contributed by atoms with van der Waals surface area (Å²) in [5.74, 6) is -2.36. The Hall–Kier alpha value is -2.61. The Balaban J connectivity index is 1.66. The highest BCUT2D eigenvalue weighted by atomic mass is 32.2. The third kappa shape index (κ3) is 3.76. The molecule has 0 unspecified atom stereocenters. The first kappa shape index (κ1) is 26.6. The number of ether oxygens (including phenoxy) is 2. The van der Waals surface area contributed by atoms with Crippen LogP contribution in [-0.4, -0.2) is 44.3 Å². The van der Waals surface area contributed by atoms with Crippen LogP contribution in [0.5, 0.6) is 5.75 Å². The first-order chi connectivity index (χ1) is 18.1. The standard InChI is InChI=1S/C26H26F3NO7S2/c1-5-15-16-10-11-30(38(31,32)14-8-6-13(2)7-9-14)21(16)19-17-12-18(24-23(17)35-25(3,4)36-24)20(19)22(15)37-39(33,34)26(27,28)29/h6-11,17-18,23-24H,5,12H2,1-4H3/t17-,18+,23+,24-/m1/s1. The topological polar surface area (TPSA) is 101 Å². The van der Waals surface area contributed by atoms with E-state index in [9.17, 15) is 30.0 Å². The number of hydrogen-bond acceptors (Lipinski definition) is 7. The third-order valence-corrected chi connectivity index (χ3v) is 10.5. The number of halogens is 3. The molecule has 3 aromatic rings. The van der Waals surface area contributed by atoms with Crippen LogP contribution in [0.25, 0.3) is 10.9 Å². The largest absolute Gasteiger partial charge is 0.534 e. The second-order valence-electron chi connectivity index (χ2n) is 10.7. The van der Waals surface area contributed by atoms with E-state index in [0.29, 0.717) is 22.9 Å². The van der Waals surface area contributed by atoms with Crippen molar-refractivity contribution < 1.29 is 43.7 Å². The van der Waals surface area contributed by atoms with Gasteiger partial charge in [-0.2, -0.15) is 21.6 Å². The number of rotatable bonds is 5. The number of hydrogen-bond donors (Lipinski definition) is 0. The van der Waals surface area contributed by atoms with Gasteiger partial charge in [0.05, 0.1) is 22.6 Å². The molecule has 0 radical (unpaired) electrons. The van der Waals surface area contributed by atoms with Crippen molar-refractivity contribution in [3.8, 4) is 5.75 Å². The van der Waals surface area contributed by atoms with Gasteiger partial charge in [-0.1, -0.05) is 24.6 Å². The highest BCUT2D eigenvalue weighted by Gasteiger charge is 2.61. The molecular formula is C26H26F3NO7S2. The molecular weight excluding hydrogens is 559 g/mol. The number of aromatic nitrogens is 1. The van der Waals surface area contributed by atoms with Gasteiger partial charge in [-0.25, -0.2) is 12.4 Å². The molecule has 6 rings (SSSR count). The Bertz CT molecular complexity index is 1730. The number of fused-ring (bicyclic) bond motifs is 10. The van der Waals surface area contributed by atoms with Crippen molar-refractivity contribution in [3.05, 3.63) is 58.8 Å². The molecule has 1 aromatic heterocycles. The fourth-order valence-corrected chi connectivity index (χ4v) is 8.24. The van der Waals surface area contributed by atoms with Crippen molar-refractivity contribution in [2.45, 2.75) is 80.8 Å². The second kappa shape index (κ2) is 8.21. The molecule has 3 aliphatic rings. The van der Waals surface area contributed by atoms with Crippen LogP contribution in [0.4, 0.5) is 13.2 Å². The summed E-state index contributed by atoms with van der Waals surface area (Å²) in [4.78, 5) is 0.0417. The average Bonchev–Trinajstić information content (AvgIpc) is 3.56. The predicted octanol–water partition coefficient (Wildman–Crippen LogP) is 5.08. The van der Waals surface area contributed by atoms with E-state index in [0.717, 1.165) is 9.54 Å². The van der Waals surface area contributed by atoms with Crippen LogP contribution < -0.4 is 4.18 Å². The van der Waals surface area contributed by atoms with E-state index < -0.39 is 61.2 Å². The Morgan fingerprint density at radius 2 is 1.59 bits per heavy atom. The van der Waals surface area contributed by atoms with Crippen LogP contribution in [0, 0.1) is 6.92 Å². The smallest absolute Gasteiger partial charge is 0.375 e. The maximum absolute atomic E-state index is 13.8. The van der Waals surface area contributed by atoms with E-state index in [4.69, 9.17) is 13.7 Å². The molecule has 39 heavy (non-hydrogen) atoms. The summed E-state index contributed by atoms with van der Waals surface area (Å²) in [6.07, 6.45) is 0.801. The molecule has 0 spiro atoms. The van der Waals surface area contributed by atoms with Crippen LogP contribution in [0.2, 0.25) is 0 Å². The fraction of sp³-hybridized carbons (Fsp3) is 0.462. The summed E-state index contributed by atoms with van der Waals surface area (Å²) in [5, 5.41) is 0.307. The van der Waals surface area contributed by atoms with E-state index in [1.807, 2.05) is 6.92 Å². The van der Waals surface area contributed by atoms with Crippen LogP contribution >= 0.6 is 0 Å². The zero-order valence-corrected chi connectivity index (χ0v) is 23.1. The summed E-state index contributed by atoms with van der Waals surface area (Å²) < 4.78 is 111. The minimum Gasteiger partial charge on any atom is -0.375 e. The molecule has 1 aliphatic heterocycles. The van der Waals surface area contributed by atoms with E-state index in [1.54, 1.807) is 32.9 Å². The number of nitrogens with zero attached hydrogens (tertiary/aromatic N) is 1. The molecule has 8 nitrogen and oxygen atoms in total. The van der Waals surface area contributed by atoms with E-state index >= 15 is 0 Å². The SMILES string of the molecule is CCc1c(OS(=O)(=O)C(F)(F)F)c2c(c3c1ccn3S(=O)(=O)c1ccc(C)cc1)[C@H]1C[C@@H]2[C@H]2OC(C)(C)O[C@H]21. The van der Waals surface area contributed by atoms with Gasteiger partial charge in [0, 0.05) is 34.5 Å². The molecule has 2 heterocycles. The lowest BCUT2D eigenvalue weighted by molar-refractivity contribution is -0.153. The van der Waals surface area contributed by atoms with E-state index in [-0.39, 0.29) is 22.4 Å². The van der Waals surface area contributed by atoms with Crippen molar-refractivity contribution in [2.75, 3.05) is 0 Å². The first-order valence-corrected chi connectivity index (χ1v) is 15.3. The van der Waals surface area contributed by atoms with Crippen molar-refractivity contribution in [1.29, 1.82) is 0 Å². The zero-order chi connectivity index (χ0) is 28.3. The van der Waals surface area contributed by atoms with Crippen molar-refractivity contribution in [3.63, 3.8) is 0 Å². The van der Waals surface area contributed by atoms with Crippen LogP contribution in [0.15, 0.2) is 41.4 Å². The first-order valence-electron chi connectivity index (χ1n) is 12.5. The molecule has 1 saturated heterocycles. The van der Waals surface area contributed by atoms with Gasteiger partial charge in [-0.3, -0.25) is 0 Å². The third-order valence-electron chi connectivity index (χ3n) is 7.86. The minimum absolute atomic E-state index is 0.0417. The van der Waals surface area contributed by atoms with Gasteiger partial charge in [-0.15, -0.1) is 0 Å². The van der Waals surface area contributed by atoms with Crippen molar-refractivity contribution in [1.82, 2.24) is 3.97 Å². The lowest BCUT2D eigenvalue weighted by atomic mass is 9.84. The molecule has 2 bridgehead atoms. The maximum Gasteiger partial charge on any atom is 0.534 e. The molecule has 0 amide bonds. The molecule has 2 aromatic carbocycles. The summed E-state index contributed by atoms with van der Waals surface area (Å²) in [7, 11) is -10.1. The van der Waals surface area contributed by atoms with Gasteiger partial charge in [0.1, 0.15) is 0 Å². The summed E-state index contributed by atoms with van der Waals surface area (Å²) in [6.45, 7) is 6.92. The van der Waals surface area contributed by atoms with Gasteiger partial charge in [0.2, 0.25) is 0 Å². The number of alkyl halides is 3. The average molecular weight is 586 g/mol. The van der Waals surface area contributed by atoms with Gasteiger partial charge >= 0.3 is 15.6 Å². The Morgan fingerprint density at radius 3 is 2.15 bits per heavy atom. The van der Waals surface area contributed by atoms with Crippen LogP contribution in [0.3, 0.4) is 0 Å². The van der Waals surface area contributed by atoms with Crippen LogP contribution in [-0.2, 0) is 36.0 Å². The highest BCUT2D eigenvalue weighted by Crippen LogP contribution is 2.64. The molecule has 2 fully saturated rings. The highest BCUT2D eigenvalue weighted by molar-refractivity contribution is 7.90. The zero-order valence-electron chi connectivity index (χ0n) is 21.4. The fourth-order valence-electron chi connectivity index (χ4n) is 6.37. The minimum atomic E-state index is -6.00. The summed E-state index contributed by atoms with van der Waals surface area (Å²) >= 11 is 0. The Kier molecular flexibility index (Phi) is 5.60. The summed E-state index contributed by atoms with van der Waals surface area (Å²) in [6, 6.07) is 7.80. The second-order valence-corrected chi connectivity index (χ2v) is 14.0. The van der Waals surface area contributed by atoms with Crippen molar-refractivity contribution >= 4 is 31.0 Å². The van der Waals surface area contributed by atoms with E-state index in [1.165, 1.54) is 24.4 Å². The lowest BCUT2D eigenvalue weighted by Crippen LogP contribution is -2.32. The normalized spacial score (nSPS) is 25.7. The van der Waals surface area contributed by atoms with E-state index in [2.05, 4.69) is 0 Å². The van der Waals surface area contributed by atoms with Crippen LogP contribution in [0.1, 0.15) is 61.3 Å². The number of aryl methyl sites for hydroxylation is 2. The van der Waals surface area contributed by atoms with Gasteiger partial charge in [0.15, 0.2) is 11.5 Å². The predicted molar refractivity (Wildman–Crippen MR) is 135 cm³/mol. The monoisotopic (exact) mass is 585 g/mol. The van der Waals surface area contributed by atoms with Gasteiger partial charge in [0.25, 0.3) is 10.0 Å². The Morgan fingerprint density at radius 1 is 1.00 bits per heavy atom. The van der Waals surface area contributed by atoms with Gasteiger partial charge < -0.3 is 13.7 Å².